The SMILES string of the molecule is NC(=O)CS(=O)(=O)C1(c2cc(N3CCOCC3)nc(C3=CC=C(NC(=O)NC4CC4)CC3)n2)CC1. The van der Waals surface area contributed by atoms with Crippen LogP contribution in [0, 0.1) is 0 Å². The van der Waals surface area contributed by atoms with Crippen molar-refractivity contribution in [3.63, 3.8) is 0 Å². The Morgan fingerprint density at radius 1 is 1.14 bits per heavy atom. The van der Waals surface area contributed by atoms with Crippen LogP contribution in [0.2, 0.25) is 0 Å². The van der Waals surface area contributed by atoms with Crippen molar-refractivity contribution in [2.75, 3.05) is 37.0 Å². The number of amides is 3. The van der Waals surface area contributed by atoms with Crippen LogP contribution in [0.25, 0.3) is 5.57 Å². The maximum absolute atomic E-state index is 13.1. The molecule has 0 aromatic carbocycles. The lowest BCUT2D eigenvalue weighted by Crippen LogP contribution is -2.37. The van der Waals surface area contributed by atoms with Gasteiger partial charge in [-0.25, -0.2) is 23.2 Å². The molecule has 1 saturated heterocycles. The lowest BCUT2D eigenvalue weighted by atomic mass is 10.0. The Morgan fingerprint density at radius 2 is 1.89 bits per heavy atom. The molecule has 1 aromatic heterocycles. The number of morpholine rings is 1. The average Bonchev–Trinajstić information content (AvgIpc) is 3.74. The standard InChI is InChI=1S/C23H30N6O5S/c24-19(30)14-35(32,33)23(7-8-23)18-13-20(29-9-11-34-12-10-29)28-21(27-18)15-1-3-16(4-2-15)25-22(31)26-17-5-6-17/h1,3,13,17H,2,4-12,14H2,(H2,24,30)(H2,25,26,31). The Labute approximate surface area is 204 Å². The number of nitrogens with two attached hydrogens (primary N) is 1. The molecule has 3 fully saturated rings. The topological polar surface area (TPSA) is 157 Å². The number of sulfone groups is 1. The molecule has 2 saturated carbocycles. The Balaban J connectivity index is 1.45. The van der Waals surface area contributed by atoms with Crippen LogP contribution in [-0.2, 0) is 24.1 Å². The summed E-state index contributed by atoms with van der Waals surface area (Å²) in [5.74, 6) is -0.471. The highest BCUT2D eigenvalue weighted by atomic mass is 32.2. The van der Waals surface area contributed by atoms with E-state index in [0.717, 1.165) is 24.1 Å². The highest BCUT2D eigenvalue weighted by Crippen LogP contribution is 2.53. The first-order valence-electron chi connectivity index (χ1n) is 12.0. The van der Waals surface area contributed by atoms with Gasteiger partial charge in [-0.05, 0) is 50.2 Å². The van der Waals surface area contributed by atoms with Crippen LogP contribution in [0.1, 0.15) is 50.0 Å². The number of aromatic nitrogens is 2. The van der Waals surface area contributed by atoms with Gasteiger partial charge in [0.1, 0.15) is 16.3 Å². The number of urea groups is 1. The number of ether oxygens (including phenoxy) is 1. The van der Waals surface area contributed by atoms with Gasteiger partial charge in [-0.2, -0.15) is 0 Å². The molecule has 0 radical (unpaired) electrons. The van der Waals surface area contributed by atoms with Gasteiger partial charge in [-0.1, -0.05) is 6.08 Å². The van der Waals surface area contributed by atoms with Crippen molar-refractivity contribution in [2.24, 2.45) is 5.73 Å². The molecular formula is C23H30N6O5S. The van der Waals surface area contributed by atoms with Gasteiger partial charge in [0.05, 0.1) is 18.9 Å². The van der Waals surface area contributed by atoms with Gasteiger partial charge in [-0.3, -0.25) is 4.79 Å². The van der Waals surface area contributed by atoms with Gasteiger partial charge in [0.15, 0.2) is 15.7 Å². The van der Waals surface area contributed by atoms with Crippen molar-refractivity contribution < 1.29 is 22.7 Å². The molecular weight excluding hydrogens is 472 g/mol. The van der Waals surface area contributed by atoms with E-state index in [0.29, 0.717) is 69.3 Å². The predicted molar refractivity (Wildman–Crippen MR) is 129 cm³/mol. The summed E-state index contributed by atoms with van der Waals surface area (Å²) in [4.78, 5) is 35.0. The lowest BCUT2D eigenvalue weighted by Gasteiger charge is -2.29. The zero-order valence-electron chi connectivity index (χ0n) is 19.5. The van der Waals surface area contributed by atoms with E-state index in [2.05, 4.69) is 15.5 Å². The molecule has 3 aliphatic carbocycles. The smallest absolute Gasteiger partial charge is 0.319 e. The molecule has 5 rings (SSSR count). The second-order valence-electron chi connectivity index (χ2n) is 9.51. The fourth-order valence-corrected chi connectivity index (χ4v) is 6.25. The van der Waals surface area contributed by atoms with Crippen LogP contribution in [-0.4, -0.2) is 68.4 Å². The van der Waals surface area contributed by atoms with Gasteiger partial charge in [0.25, 0.3) is 0 Å². The maximum atomic E-state index is 13.1. The van der Waals surface area contributed by atoms with E-state index < -0.39 is 26.2 Å². The van der Waals surface area contributed by atoms with Gasteiger partial charge < -0.3 is 26.0 Å². The minimum absolute atomic E-state index is 0.196. The summed E-state index contributed by atoms with van der Waals surface area (Å²) < 4.78 is 30.4. The zero-order valence-corrected chi connectivity index (χ0v) is 20.3. The number of primary amides is 1. The Morgan fingerprint density at radius 3 is 2.49 bits per heavy atom. The van der Waals surface area contributed by atoms with Crippen molar-refractivity contribution >= 4 is 33.2 Å². The highest BCUT2D eigenvalue weighted by Gasteiger charge is 2.57. The monoisotopic (exact) mass is 502 g/mol. The van der Waals surface area contributed by atoms with Crippen molar-refractivity contribution in [3.05, 3.63) is 35.4 Å². The number of nitrogens with one attached hydrogen (secondary N) is 2. The molecule has 188 valence electrons. The summed E-state index contributed by atoms with van der Waals surface area (Å²) >= 11 is 0. The molecule has 0 unspecified atom stereocenters. The molecule has 4 N–H and O–H groups in total. The number of carbonyl (C=O) groups excluding carboxylic acids is 2. The van der Waals surface area contributed by atoms with Crippen LogP contribution < -0.4 is 21.3 Å². The predicted octanol–water partition coefficient (Wildman–Crippen LogP) is 0.725. The number of hydrogen-bond acceptors (Lipinski definition) is 8. The van der Waals surface area contributed by atoms with Crippen LogP contribution >= 0.6 is 0 Å². The first-order chi connectivity index (χ1) is 16.8. The fraction of sp³-hybridized carbons (Fsp3) is 0.565. The molecule has 2 heterocycles. The van der Waals surface area contributed by atoms with E-state index in [4.69, 9.17) is 20.4 Å². The van der Waals surface area contributed by atoms with Gasteiger partial charge in [-0.15, -0.1) is 0 Å². The molecule has 12 heteroatoms. The second-order valence-corrected chi connectivity index (χ2v) is 11.8. The normalized spacial score (nSPS) is 21.5. The Hall–Kier alpha value is -2.99. The van der Waals surface area contributed by atoms with E-state index in [1.807, 2.05) is 12.2 Å². The van der Waals surface area contributed by atoms with Gasteiger partial charge in [0.2, 0.25) is 5.91 Å². The number of allylic oxidation sites excluding steroid dienone is 4. The average molecular weight is 503 g/mol. The molecule has 4 aliphatic rings. The van der Waals surface area contributed by atoms with Crippen LogP contribution in [0.5, 0.6) is 0 Å². The quantitative estimate of drug-likeness (QED) is 0.469. The van der Waals surface area contributed by atoms with Gasteiger partial charge in [0, 0.05) is 30.9 Å². The van der Waals surface area contributed by atoms with Crippen molar-refractivity contribution in [2.45, 2.75) is 49.3 Å². The summed E-state index contributed by atoms with van der Waals surface area (Å²) in [7, 11) is -3.82. The largest absolute Gasteiger partial charge is 0.378 e. The second kappa shape index (κ2) is 9.23. The Bertz CT molecular complexity index is 1200. The number of rotatable bonds is 8. The number of hydrogen-bond donors (Lipinski definition) is 3. The van der Waals surface area contributed by atoms with Crippen molar-refractivity contribution in [1.29, 1.82) is 0 Å². The van der Waals surface area contributed by atoms with E-state index in [1.54, 1.807) is 6.07 Å². The summed E-state index contributed by atoms with van der Waals surface area (Å²) in [5, 5.41) is 5.79. The minimum atomic E-state index is -3.82. The number of nitrogens with zero attached hydrogens (tertiary/aromatic N) is 3. The molecule has 0 atom stereocenters. The third-order valence-corrected chi connectivity index (χ3v) is 9.24. The van der Waals surface area contributed by atoms with Crippen molar-refractivity contribution in [3.8, 4) is 0 Å². The zero-order chi connectivity index (χ0) is 24.6. The lowest BCUT2D eigenvalue weighted by molar-refractivity contribution is -0.115. The van der Waals surface area contributed by atoms with Crippen LogP contribution in [0.4, 0.5) is 10.6 Å². The van der Waals surface area contributed by atoms with Gasteiger partial charge >= 0.3 is 6.03 Å². The minimum Gasteiger partial charge on any atom is -0.378 e. The molecule has 1 aliphatic heterocycles. The first kappa shape index (κ1) is 23.7. The fourth-order valence-electron chi connectivity index (χ4n) is 4.45. The molecule has 3 amide bonds. The Kier molecular flexibility index (Phi) is 6.26. The van der Waals surface area contributed by atoms with Crippen LogP contribution in [0.3, 0.4) is 0 Å². The van der Waals surface area contributed by atoms with Crippen molar-refractivity contribution in [1.82, 2.24) is 20.6 Å². The first-order valence-corrected chi connectivity index (χ1v) is 13.6. The third kappa shape index (κ3) is 5.18. The van der Waals surface area contributed by atoms with Crippen LogP contribution in [0.15, 0.2) is 23.9 Å². The molecule has 35 heavy (non-hydrogen) atoms. The summed E-state index contributed by atoms with van der Waals surface area (Å²) in [6.07, 6.45) is 7.74. The summed E-state index contributed by atoms with van der Waals surface area (Å²) in [6.45, 7) is 2.40. The van der Waals surface area contributed by atoms with E-state index in [9.17, 15) is 18.0 Å². The molecule has 1 aromatic rings. The third-order valence-electron chi connectivity index (χ3n) is 6.77. The summed E-state index contributed by atoms with van der Waals surface area (Å²) in [6, 6.07) is 1.81. The van der Waals surface area contributed by atoms with E-state index >= 15 is 0 Å². The molecule has 0 spiro atoms. The summed E-state index contributed by atoms with van der Waals surface area (Å²) in [5.41, 5.74) is 7.30. The molecule has 11 nitrogen and oxygen atoms in total. The number of carbonyl (C=O) groups is 2. The van der Waals surface area contributed by atoms with E-state index in [-0.39, 0.29) is 12.1 Å². The van der Waals surface area contributed by atoms with E-state index in [1.165, 1.54) is 0 Å². The maximum Gasteiger partial charge on any atom is 0.319 e. The number of anilines is 1. The molecule has 0 bridgehead atoms. The highest BCUT2D eigenvalue weighted by molar-refractivity contribution is 7.93.